The van der Waals surface area contributed by atoms with Crippen molar-refractivity contribution in [2.24, 2.45) is 0 Å². The number of hydrogen-bond acceptors (Lipinski definition) is 2. The van der Waals surface area contributed by atoms with Crippen molar-refractivity contribution in [3.05, 3.63) is 83.3 Å². The van der Waals surface area contributed by atoms with Gasteiger partial charge < -0.3 is 5.32 Å². The van der Waals surface area contributed by atoms with Gasteiger partial charge in [-0.2, -0.15) is 0 Å². The summed E-state index contributed by atoms with van der Waals surface area (Å²) in [6.45, 7) is 4.02. The Morgan fingerprint density at radius 2 is 1.83 bits per heavy atom. The highest BCUT2D eigenvalue weighted by atomic mass is 19.1. The van der Waals surface area contributed by atoms with Gasteiger partial charge in [0.1, 0.15) is 5.82 Å². The van der Waals surface area contributed by atoms with Crippen LogP contribution in [0.3, 0.4) is 0 Å². The van der Waals surface area contributed by atoms with Crippen molar-refractivity contribution < 1.29 is 9.18 Å². The summed E-state index contributed by atoms with van der Waals surface area (Å²) in [6, 6.07) is 15.4. The number of benzene rings is 2. The Bertz CT molecular complexity index is 888. The van der Waals surface area contributed by atoms with Crippen LogP contribution in [-0.2, 0) is 0 Å². The van der Waals surface area contributed by atoms with E-state index >= 15 is 0 Å². The molecule has 0 aliphatic carbocycles. The topological polar surface area (TPSA) is 42.0 Å². The number of pyridine rings is 1. The number of amides is 1. The van der Waals surface area contributed by atoms with Gasteiger partial charge in [0, 0.05) is 17.4 Å². The average molecular weight is 320 g/mol. The second-order valence-electron chi connectivity index (χ2n) is 5.70. The maximum atomic E-state index is 13.3. The van der Waals surface area contributed by atoms with Crippen molar-refractivity contribution in [3.8, 4) is 11.3 Å². The first kappa shape index (κ1) is 15.9. The SMILES string of the molecule is Cc1ccc(NC(=O)c2ccc(-c3cccc(F)c3)nc2)cc1C. The van der Waals surface area contributed by atoms with Crippen molar-refractivity contribution in [1.29, 1.82) is 0 Å². The maximum absolute atomic E-state index is 13.3. The van der Waals surface area contributed by atoms with Gasteiger partial charge in [-0.3, -0.25) is 9.78 Å². The van der Waals surface area contributed by atoms with Crippen LogP contribution in [0.1, 0.15) is 21.5 Å². The highest BCUT2D eigenvalue weighted by Gasteiger charge is 2.08. The number of anilines is 1. The zero-order valence-electron chi connectivity index (χ0n) is 13.5. The number of aromatic nitrogens is 1. The molecule has 3 nitrogen and oxygen atoms in total. The Labute approximate surface area is 140 Å². The summed E-state index contributed by atoms with van der Waals surface area (Å²) in [5.74, 6) is -0.539. The first-order valence-corrected chi connectivity index (χ1v) is 7.63. The molecule has 3 rings (SSSR count). The van der Waals surface area contributed by atoms with Crippen LogP contribution >= 0.6 is 0 Å². The van der Waals surface area contributed by atoms with Gasteiger partial charge in [0.25, 0.3) is 5.91 Å². The Balaban J connectivity index is 1.77. The number of hydrogen-bond donors (Lipinski definition) is 1. The Kier molecular flexibility index (Phi) is 4.38. The van der Waals surface area contributed by atoms with Gasteiger partial charge in [-0.15, -0.1) is 0 Å². The summed E-state index contributed by atoms with van der Waals surface area (Å²) in [6.07, 6.45) is 1.50. The molecule has 24 heavy (non-hydrogen) atoms. The third-order valence-electron chi connectivity index (χ3n) is 3.91. The van der Waals surface area contributed by atoms with E-state index in [1.807, 2.05) is 32.0 Å². The summed E-state index contributed by atoms with van der Waals surface area (Å²) in [7, 11) is 0. The standard InChI is InChI=1S/C20H17FN2O/c1-13-6-8-18(10-14(13)2)23-20(24)16-7-9-19(22-12-16)15-4-3-5-17(21)11-15/h3-12H,1-2H3,(H,23,24). The molecule has 1 heterocycles. The van der Waals surface area contributed by atoms with Crippen LogP contribution in [0.15, 0.2) is 60.8 Å². The van der Waals surface area contributed by atoms with Crippen molar-refractivity contribution in [3.63, 3.8) is 0 Å². The molecule has 3 aromatic rings. The monoisotopic (exact) mass is 320 g/mol. The smallest absolute Gasteiger partial charge is 0.257 e. The average Bonchev–Trinajstić information content (AvgIpc) is 2.58. The van der Waals surface area contributed by atoms with Gasteiger partial charge in [-0.05, 0) is 61.4 Å². The first-order chi connectivity index (χ1) is 11.5. The molecule has 0 aliphatic heterocycles. The van der Waals surface area contributed by atoms with E-state index in [1.54, 1.807) is 24.3 Å². The van der Waals surface area contributed by atoms with Crippen molar-refractivity contribution in [2.45, 2.75) is 13.8 Å². The number of nitrogens with one attached hydrogen (secondary N) is 1. The quantitative estimate of drug-likeness (QED) is 0.756. The van der Waals surface area contributed by atoms with Gasteiger partial charge in [0.2, 0.25) is 0 Å². The molecule has 1 N–H and O–H groups in total. The Morgan fingerprint density at radius 3 is 2.50 bits per heavy atom. The van der Waals surface area contributed by atoms with Crippen molar-refractivity contribution in [1.82, 2.24) is 4.98 Å². The molecular weight excluding hydrogens is 303 g/mol. The highest BCUT2D eigenvalue weighted by molar-refractivity contribution is 6.04. The molecule has 1 aromatic heterocycles. The molecule has 0 aliphatic rings. The number of aryl methyl sites for hydroxylation is 2. The second-order valence-corrected chi connectivity index (χ2v) is 5.70. The van der Waals surface area contributed by atoms with E-state index in [2.05, 4.69) is 10.3 Å². The minimum absolute atomic E-state index is 0.225. The van der Waals surface area contributed by atoms with E-state index in [1.165, 1.54) is 23.9 Å². The number of nitrogens with zero attached hydrogens (tertiary/aromatic N) is 1. The number of halogens is 1. The van der Waals surface area contributed by atoms with Crippen LogP contribution < -0.4 is 5.32 Å². The lowest BCUT2D eigenvalue weighted by atomic mass is 10.1. The van der Waals surface area contributed by atoms with E-state index in [-0.39, 0.29) is 11.7 Å². The van der Waals surface area contributed by atoms with Crippen molar-refractivity contribution >= 4 is 11.6 Å². The highest BCUT2D eigenvalue weighted by Crippen LogP contribution is 2.19. The zero-order chi connectivity index (χ0) is 17.1. The third-order valence-corrected chi connectivity index (χ3v) is 3.91. The van der Waals surface area contributed by atoms with Gasteiger partial charge in [-0.25, -0.2) is 4.39 Å². The molecule has 0 radical (unpaired) electrons. The minimum Gasteiger partial charge on any atom is -0.322 e. The molecule has 0 unspecified atom stereocenters. The number of rotatable bonds is 3. The Hall–Kier alpha value is -3.01. The van der Waals surface area contributed by atoms with Gasteiger partial charge >= 0.3 is 0 Å². The van der Waals surface area contributed by atoms with Crippen LogP contribution in [0.25, 0.3) is 11.3 Å². The summed E-state index contributed by atoms with van der Waals surface area (Å²) in [5, 5.41) is 2.86. The molecule has 0 saturated heterocycles. The fraction of sp³-hybridized carbons (Fsp3) is 0.100. The van der Waals surface area contributed by atoms with Gasteiger partial charge in [-0.1, -0.05) is 18.2 Å². The predicted octanol–water partition coefficient (Wildman–Crippen LogP) is 4.76. The Morgan fingerprint density at radius 1 is 1.00 bits per heavy atom. The zero-order valence-corrected chi connectivity index (χ0v) is 13.5. The summed E-state index contributed by atoms with van der Waals surface area (Å²) < 4.78 is 13.3. The maximum Gasteiger partial charge on any atom is 0.257 e. The first-order valence-electron chi connectivity index (χ1n) is 7.63. The molecule has 0 bridgehead atoms. The molecule has 0 atom stereocenters. The van der Waals surface area contributed by atoms with Crippen LogP contribution in [0, 0.1) is 19.7 Å². The second kappa shape index (κ2) is 6.62. The molecule has 0 saturated carbocycles. The minimum atomic E-state index is -0.314. The fourth-order valence-electron chi connectivity index (χ4n) is 2.37. The number of carbonyl (C=O) groups is 1. The molecule has 0 fully saturated rings. The van der Waals surface area contributed by atoms with Crippen LogP contribution in [0.2, 0.25) is 0 Å². The third kappa shape index (κ3) is 3.49. The largest absolute Gasteiger partial charge is 0.322 e. The normalized spacial score (nSPS) is 10.5. The van der Waals surface area contributed by atoms with E-state index in [0.717, 1.165) is 11.3 Å². The summed E-state index contributed by atoms with van der Waals surface area (Å²) in [4.78, 5) is 16.6. The summed E-state index contributed by atoms with van der Waals surface area (Å²) in [5.41, 5.74) is 4.79. The molecule has 1 amide bonds. The lowest BCUT2D eigenvalue weighted by molar-refractivity contribution is 0.102. The van der Waals surface area contributed by atoms with E-state index in [9.17, 15) is 9.18 Å². The van der Waals surface area contributed by atoms with E-state index in [0.29, 0.717) is 16.8 Å². The van der Waals surface area contributed by atoms with Gasteiger partial charge in [0.15, 0.2) is 0 Å². The number of carbonyl (C=O) groups excluding carboxylic acids is 1. The van der Waals surface area contributed by atoms with Crippen LogP contribution in [-0.4, -0.2) is 10.9 Å². The molecular formula is C20H17FN2O. The van der Waals surface area contributed by atoms with E-state index in [4.69, 9.17) is 0 Å². The lowest BCUT2D eigenvalue weighted by Crippen LogP contribution is -2.12. The van der Waals surface area contributed by atoms with E-state index < -0.39 is 0 Å². The summed E-state index contributed by atoms with van der Waals surface area (Å²) >= 11 is 0. The molecule has 2 aromatic carbocycles. The van der Waals surface area contributed by atoms with Crippen LogP contribution in [0.5, 0.6) is 0 Å². The van der Waals surface area contributed by atoms with Gasteiger partial charge in [0.05, 0.1) is 11.3 Å². The fourth-order valence-corrected chi connectivity index (χ4v) is 2.37. The van der Waals surface area contributed by atoms with Crippen LogP contribution in [0.4, 0.5) is 10.1 Å². The lowest BCUT2D eigenvalue weighted by Gasteiger charge is -2.08. The molecule has 120 valence electrons. The predicted molar refractivity (Wildman–Crippen MR) is 93.5 cm³/mol. The van der Waals surface area contributed by atoms with Crippen molar-refractivity contribution in [2.75, 3.05) is 5.32 Å². The molecule has 4 heteroatoms. The molecule has 0 spiro atoms.